The summed E-state index contributed by atoms with van der Waals surface area (Å²) in [5, 5.41) is 27.6. The Morgan fingerprint density at radius 2 is 1.07 bits per heavy atom. The molecule has 0 amide bonds. The van der Waals surface area contributed by atoms with E-state index in [4.69, 9.17) is 19.7 Å². The largest absolute Gasteiger partial charge is 0.491 e. The van der Waals surface area contributed by atoms with Crippen molar-refractivity contribution in [2.45, 2.75) is 12.8 Å². The lowest BCUT2D eigenvalue weighted by molar-refractivity contribution is -0.215. The number of rotatable bonds is 15. The normalized spacial score (nSPS) is 11.0. The number of aliphatic carboxylic acids is 2. The third-order valence-electron chi connectivity index (χ3n) is 5.87. The molecule has 0 saturated carbocycles. The fourth-order valence-corrected chi connectivity index (χ4v) is 9.23. The standard InChI is InChI=1S/C29H22O11S5/c1-37-40-29(36)21-7-3-17(42-21)23-13-15(39-11-9-25(32)33)27(45-23)19-5-4-18(43-19)26-14(38-10-8-24(30)31)12-22(44-26)16-2-6-20(41-16)28(34)35/h2-7,12-13H,8-11H2,1H3,(H,30,31)(H,32,33)(H,34,35). The van der Waals surface area contributed by atoms with Gasteiger partial charge in [-0.3, -0.25) is 14.5 Å². The van der Waals surface area contributed by atoms with Gasteiger partial charge in [0.1, 0.15) is 21.3 Å². The van der Waals surface area contributed by atoms with E-state index < -0.39 is 23.9 Å². The van der Waals surface area contributed by atoms with E-state index in [2.05, 4.69) is 9.78 Å². The van der Waals surface area contributed by atoms with Gasteiger partial charge in [-0.15, -0.1) is 56.7 Å². The lowest BCUT2D eigenvalue weighted by Gasteiger charge is -2.05. The van der Waals surface area contributed by atoms with Crippen molar-refractivity contribution in [1.82, 2.24) is 0 Å². The van der Waals surface area contributed by atoms with Crippen LogP contribution in [0.5, 0.6) is 11.5 Å². The molecule has 5 aromatic rings. The Bertz CT molecular complexity index is 1850. The van der Waals surface area contributed by atoms with Gasteiger partial charge in [0.05, 0.1) is 42.9 Å². The van der Waals surface area contributed by atoms with Gasteiger partial charge in [0, 0.05) is 41.4 Å². The van der Waals surface area contributed by atoms with E-state index in [9.17, 15) is 24.3 Å². The molecule has 0 aliphatic rings. The maximum atomic E-state index is 12.1. The zero-order valence-electron chi connectivity index (χ0n) is 23.1. The van der Waals surface area contributed by atoms with Crippen LogP contribution in [0.25, 0.3) is 39.0 Å². The SMILES string of the molecule is COOC(=O)c1ccc(-c2cc(OCCC(=O)O)c(-c3ccc(-c4sc(-c5ccc(C(=O)O)s5)cc4OCCC(=O)O)s3)s2)s1. The van der Waals surface area contributed by atoms with Crippen LogP contribution >= 0.6 is 56.7 Å². The Kier molecular flexibility index (Phi) is 10.3. The lowest BCUT2D eigenvalue weighted by atomic mass is 10.3. The number of aromatic carboxylic acids is 1. The van der Waals surface area contributed by atoms with Crippen LogP contribution in [0.4, 0.5) is 0 Å². The van der Waals surface area contributed by atoms with Gasteiger partial charge in [0.2, 0.25) is 0 Å². The zero-order chi connectivity index (χ0) is 32.1. The molecule has 0 radical (unpaired) electrons. The summed E-state index contributed by atoms with van der Waals surface area (Å²) in [5.41, 5.74) is 0. The molecule has 0 aromatic carbocycles. The van der Waals surface area contributed by atoms with Gasteiger partial charge >= 0.3 is 23.9 Å². The summed E-state index contributed by atoms with van der Waals surface area (Å²) in [6.45, 7) is -0.0836. The first-order valence-electron chi connectivity index (χ1n) is 12.9. The van der Waals surface area contributed by atoms with Crippen LogP contribution in [0, 0.1) is 0 Å². The molecule has 0 saturated heterocycles. The molecule has 234 valence electrons. The van der Waals surface area contributed by atoms with Crippen LogP contribution in [-0.4, -0.2) is 59.5 Å². The highest BCUT2D eigenvalue weighted by atomic mass is 32.1. The molecular weight excluding hydrogens is 685 g/mol. The van der Waals surface area contributed by atoms with E-state index in [-0.39, 0.29) is 30.9 Å². The molecule has 0 bridgehead atoms. The van der Waals surface area contributed by atoms with Gasteiger partial charge in [-0.25, -0.2) is 9.59 Å². The minimum Gasteiger partial charge on any atom is -0.491 e. The van der Waals surface area contributed by atoms with Crippen molar-refractivity contribution in [2.75, 3.05) is 20.3 Å². The Morgan fingerprint density at radius 1 is 0.600 bits per heavy atom. The molecule has 0 aliphatic carbocycles. The molecule has 0 atom stereocenters. The maximum absolute atomic E-state index is 12.1. The van der Waals surface area contributed by atoms with Crippen LogP contribution in [0.15, 0.2) is 48.5 Å². The van der Waals surface area contributed by atoms with Crippen molar-refractivity contribution in [3.8, 4) is 50.5 Å². The molecule has 16 heteroatoms. The molecule has 0 unspecified atom stereocenters. The van der Waals surface area contributed by atoms with Crippen molar-refractivity contribution in [1.29, 1.82) is 0 Å². The number of carbonyl (C=O) groups excluding carboxylic acids is 1. The second kappa shape index (κ2) is 14.4. The monoisotopic (exact) mass is 706 g/mol. The summed E-state index contributed by atoms with van der Waals surface area (Å²) in [7, 11) is 1.24. The number of hydrogen-bond acceptors (Lipinski definition) is 13. The minimum atomic E-state index is -1.02. The average Bonchev–Trinajstić information content (AvgIpc) is 3.81. The highest BCUT2D eigenvalue weighted by Gasteiger charge is 2.22. The van der Waals surface area contributed by atoms with Gasteiger partial charge < -0.3 is 24.8 Å². The first-order chi connectivity index (χ1) is 21.6. The van der Waals surface area contributed by atoms with Crippen LogP contribution in [0.2, 0.25) is 0 Å². The van der Waals surface area contributed by atoms with Crippen LogP contribution < -0.4 is 9.47 Å². The number of carbonyl (C=O) groups is 4. The highest BCUT2D eigenvalue weighted by Crippen LogP contribution is 2.51. The van der Waals surface area contributed by atoms with Crippen molar-refractivity contribution in [2.24, 2.45) is 0 Å². The average molecular weight is 707 g/mol. The Morgan fingerprint density at radius 3 is 1.51 bits per heavy atom. The molecule has 5 heterocycles. The number of ether oxygens (including phenoxy) is 2. The predicted octanol–water partition coefficient (Wildman–Crippen LogP) is 7.79. The summed E-state index contributed by atoms with van der Waals surface area (Å²) in [4.78, 5) is 61.7. The minimum absolute atomic E-state index is 0.0401. The fraction of sp³-hybridized carbons (Fsp3) is 0.172. The van der Waals surface area contributed by atoms with Gasteiger partial charge in [-0.1, -0.05) is 0 Å². The van der Waals surface area contributed by atoms with Crippen LogP contribution in [-0.2, 0) is 19.4 Å². The van der Waals surface area contributed by atoms with Crippen molar-refractivity contribution < 1.29 is 53.7 Å². The molecule has 45 heavy (non-hydrogen) atoms. The summed E-state index contributed by atoms with van der Waals surface area (Å²) in [6.07, 6.45) is -0.376. The molecule has 11 nitrogen and oxygen atoms in total. The predicted molar refractivity (Wildman–Crippen MR) is 172 cm³/mol. The van der Waals surface area contributed by atoms with E-state index in [0.29, 0.717) is 16.4 Å². The number of thiophene rings is 5. The number of hydrogen-bond donors (Lipinski definition) is 3. The highest BCUT2D eigenvalue weighted by molar-refractivity contribution is 7.30. The third-order valence-corrected chi connectivity index (χ3v) is 12.1. The summed E-state index contributed by atoms with van der Waals surface area (Å²) in [6, 6.07) is 14.1. The molecular formula is C29H22O11S5. The second-order valence-electron chi connectivity index (χ2n) is 8.93. The zero-order valence-corrected chi connectivity index (χ0v) is 27.2. The van der Waals surface area contributed by atoms with E-state index in [0.717, 1.165) is 50.4 Å². The van der Waals surface area contributed by atoms with E-state index >= 15 is 0 Å². The van der Waals surface area contributed by atoms with E-state index in [1.54, 1.807) is 30.3 Å². The third kappa shape index (κ3) is 7.78. The fourth-order valence-electron chi connectivity index (χ4n) is 3.91. The molecule has 5 aromatic heterocycles. The van der Waals surface area contributed by atoms with Gasteiger partial charge in [-0.2, -0.15) is 4.89 Å². The van der Waals surface area contributed by atoms with Gasteiger partial charge in [0.15, 0.2) is 0 Å². The summed E-state index contributed by atoms with van der Waals surface area (Å²) < 4.78 is 11.8. The Labute approximate surface area is 275 Å². The summed E-state index contributed by atoms with van der Waals surface area (Å²) in [5.74, 6) is -2.65. The van der Waals surface area contributed by atoms with Crippen LogP contribution in [0.3, 0.4) is 0 Å². The Balaban J connectivity index is 1.50. The Hall–Kier alpha value is -4.06. The number of carboxylic acids is 3. The van der Waals surface area contributed by atoms with E-state index in [1.165, 1.54) is 58.5 Å². The molecule has 0 spiro atoms. The van der Waals surface area contributed by atoms with Gasteiger partial charge in [-0.05, 0) is 36.4 Å². The lowest BCUT2D eigenvalue weighted by Crippen LogP contribution is -2.04. The van der Waals surface area contributed by atoms with Crippen molar-refractivity contribution in [3.63, 3.8) is 0 Å². The first-order valence-corrected chi connectivity index (χ1v) is 17.0. The number of carboxylic acid groups (broad SMARTS) is 3. The topological polar surface area (TPSA) is 166 Å². The van der Waals surface area contributed by atoms with Gasteiger partial charge in [0.25, 0.3) is 0 Å². The summed E-state index contributed by atoms with van der Waals surface area (Å²) >= 11 is 6.61. The molecule has 0 aliphatic heterocycles. The molecule has 3 N–H and O–H groups in total. The smallest absolute Gasteiger partial charge is 0.382 e. The first kappa shape index (κ1) is 32.3. The second-order valence-corrected chi connectivity index (χ2v) is 14.3. The quantitative estimate of drug-likeness (QED) is 0.0719. The molecule has 0 fully saturated rings. The van der Waals surface area contributed by atoms with Crippen LogP contribution in [0.1, 0.15) is 32.2 Å². The van der Waals surface area contributed by atoms with Crippen molar-refractivity contribution in [3.05, 3.63) is 58.3 Å². The van der Waals surface area contributed by atoms with E-state index in [1.807, 2.05) is 12.1 Å². The van der Waals surface area contributed by atoms with Crippen molar-refractivity contribution >= 4 is 80.6 Å². The molecule has 5 rings (SSSR count). The maximum Gasteiger partial charge on any atom is 0.382 e.